The molecule has 3 atom stereocenters. The first kappa shape index (κ1) is 14.6. The molecule has 1 aromatic carbocycles. The summed E-state index contributed by atoms with van der Waals surface area (Å²) < 4.78 is 0. The molecule has 0 heterocycles. The molecule has 1 aliphatic carbocycles. The molecule has 2 heteroatoms. The van der Waals surface area contributed by atoms with E-state index in [0.717, 1.165) is 24.0 Å². The first-order valence-electron chi connectivity index (χ1n) is 7.14. The smallest absolute Gasteiger partial charge is 0.253 e. The summed E-state index contributed by atoms with van der Waals surface area (Å²) in [5.74, 6) is 1.39. The topological polar surface area (TPSA) is 20.3 Å². The fraction of sp³-hybridized carbons (Fsp3) is 0.389. The Kier molecular flexibility index (Phi) is 4.43. The van der Waals surface area contributed by atoms with Crippen molar-refractivity contribution >= 4 is 5.91 Å². The van der Waals surface area contributed by atoms with Crippen molar-refractivity contribution in [2.24, 2.45) is 11.8 Å². The van der Waals surface area contributed by atoms with Crippen molar-refractivity contribution in [2.45, 2.75) is 18.8 Å². The Morgan fingerprint density at radius 3 is 2.50 bits per heavy atom. The molecule has 0 saturated heterocycles. The normalized spacial score (nSPS) is 25.2. The van der Waals surface area contributed by atoms with Gasteiger partial charge in [-0.25, -0.2) is 0 Å². The molecule has 106 valence electrons. The van der Waals surface area contributed by atoms with E-state index in [9.17, 15) is 4.79 Å². The Balaban J connectivity index is 2.39. The molecule has 1 aliphatic rings. The van der Waals surface area contributed by atoms with Crippen molar-refractivity contribution < 1.29 is 4.79 Å². The van der Waals surface area contributed by atoms with Gasteiger partial charge in [0.1, 0.15) is 0 Å². The Labute approximate surface area is 121 Å². The first-order valence-corrected chi connectivity index (χ1v) is 7.14. The van der Waals surface area contributed by atoms with Crippen LogP contribution in [0.5, 0.6) is 0 Å². The van der Waals surface area contributed by atoms with Crippen molar-refractivity contribution in [1.29, 1.82) is 0 Å². The third kappa shape index (κ3) is 2.69. The molecule has 2 nitrogen and oxygen atoms in total. The van der Waals surface area contributed by atoms with Crippen LogP contribution >= 0.6 is 0 Å². The van der Waals surface area contributed by atoms with Crippen LogP contribution in [0, 0.1) is 11.8 Å². The van der Waals surface area contributed by atoms with Crippen molar-refractivity contribution in [3.8, 4) is 0 Å². The third-order valence-corrected chi connectivity index (χ3v) is 4.28. The predicted octanol–water partition coefficient (Wildman–Crippen LogP) is 3.87. The summed E-state index contributed by atoms with van der Waals surface area (Å²) >= 11 is 0. The zero-order chi connectivity index (χ0) is 14.7. The molecule has 2 rings (SSSR count). The summed E-state index contributed by atoms with van der Waals surface area (Å²) in [7, 11) is 3.59. The quantitative estimate of drug-likeness (QED) is 0.760. The summed E-state index contributed by atoms with van der Waals surface area (Å²) in [6.07, 6.45) is 6.21. The molecule has 0 N–H and O–H groups in total. The Bertz CT molecular complexity index is 518. The number of nitrogens with zero attached hydrogens (tertiary/aromatic N) is 1. The second-order valence-corrected chi connectivity index (χ2v) is 5.76. The van der Waals surface area contributed by atoms with Crippen molar-refractivity contribution in [2.75, 3.05) is 14.1 Å². The van der Waals surface area contributed by atoms with Gasteiger partial charge in [-0.1, -0.05) is 30.4 Å². The van der Waals surface area contributed by atoms with Gasteiger partial charge in [-0.3, -0.25) is 4.79 Å². The van der Waals surface area contributed by atoms with Crippen LogP contribution in [0.1, 0.15) is 34.7 Å². The predicted molar refractivity (Wildman–Crippen MR) is 83.8 cm³/mol. The summed E-state index contributed by atoms with van der Waals surface area (Å²) in [6.45, 7) is 7.88. The molecule has 1 fully saturated rings. The van der Waals surface area contributed by atoms with E-state index in [4.69, 9.17) is 0 Å². The summed E-state index contributed by atoms with van der Waals surface area (Å²) in [6, 6.07) is 7.97. The molecular weight excluding hydrogens is 246 g/mol. The molecule has 1 aromatic rings. The Morgan fingerprint density at radius 2 is 1.90 bits per heavy atom. The van der Waals surface area contributed by atoms with Crippen LogP contribution in [0.2, 0.25) is 0 Å². The van der Waals surface area contributed by atoms with E-state index in [1.807, 2.05) is 30.4 Å². The number of amides is 1. The number of carbonyl (C=O) groups excluding carboxylic acids is 1. The lowest BCUT2D eigenvalue weighted by Crippen LogP contribution is -2.24. The second-order valence-electron chi connectivity index (χ2n) is 5.76. The van der Waals surface area contributed by atoms with Gasteiger partial charge in [0.15, 0.2) is 0 Å². The van der Waals surface area contributed by atoms with Crippen molar-refractivity contribution in [3.63, 3.8) is 0 Å². The lowest BCUT2D eigenvalue weighted by atomic mass is 9.85. The van der Waals surface area contributed by atoms with Crippen LogP contribution in [0.3, 0.4) is 0 Å². The van der Waals surface area contributed by atoms with E-state index in [-0.39, 0.29) is 5.91 Å². The summed E-state index contributed by atoms with van der Waals surface area (Å²) in [5, 5.41) is 0. The van der Waals surface area contributed by atoms with Crippen LogP contribution in [0.15, 0.2) is 49.6 Å². The molecule has 1 saturated carbocycles. The van der Waals surface area contributed by atoms with Crippen LogP contribution < -0.4 is 0 Å². The molecule has 0 radical (unpaired) electrons. The minimum atomic E-state index is 0.0745. The number of allylic oxidation sites excluding steroid dienone is 2. The Hall–Kier alpha value is -1.83. The maximum atomic E-state index is 12.3. The van der Waals surface area contributed by atoms with Gasteiger partial charge in [-0.05, 0) is 42.2 Å². The molecule has 1 amide bonds. The number of hydrogen-bond acceptors (Lipinski definition) is 1. The number of carbonyl (C=O) groups is 1. The maximum Gasteiger partial charge on any atom is 0.253 e. The van der Waals surface area contributed by atoms with Crippen LogP contribution in [-0.4, -0.2) is 24.9 Å². The van der Waals surface area contributed by atoms with Crippen LogP contribution in [-0.2, 0) is 0 Å². The zero-order valence-corrected chi connectivity index (χ0v) is 12.4. The second kappa shape index (κ2) is 6.08. The van der Waals surface area contributed by atoms with Crippen molar-refractivity contribution in [3.05, 3.63) is 60.7 Å². The van der Waals surface area contributed by atoms with Gasteiger partial charge in [0.05, 0.1) is 0 Å². The molecular formula is C18H23NO. The van der Waals surface area contributed by atoms with Gasteiger partial charge in [-0.15, -0.1) is 13.2 Å². The molecule has 0 unspecified atom stereocenters. The highest BCUT2D eigenvalue weighted by atomic mass is 16.2. The van der Waals surface area contributed by atoms with Gasteiger partial charge in [0.25, 0.3) is 5.91 Å². The van der Waals surface area contributed by atoms with Gasteiger partial charge in [0, 0.05) is 19.7 Å². The fourth-order valence-corrected chi connectivity index (χ4v) is 3.18. The summed E-state index contributed by atoms with van der Waals surface area (Å²) in [5.41, 5.74) is 1.97. The summed E-state index contributed by atoms with van der Waals surface area (Å²) in [4.78, 5) is 14.0. The van der Waals surface area contributed by atoms with E-state index in [0.29, 0.717) is 17.8 Å². The van der Waals surface area contributed by atoms with E-state index in [1.165, 1.54) is 0 Å². The van der Waals surface area contributed by atoms with Gasteiger partial charge >= 0.3 is 0 Å². The standard InChI is InChI=1S/C18H23NO/c1-5-13-11-14(6-2)17(12-13)15-9-7-8-10-16(15)18(20)19(3)4/h5-10,13-14,17H,1-2,11-12H2,3-4H3/t13-,14+,17+/m1/s1. The lowest BCUT2D eigenvalue weighted by molar-refractivity contribution is 0.0826. The largest absolute Gasteiger partial charge is 0.345 e. The minimum absolute atomic E-state index is 0.0745. The van der Waals surface area contributed by atoms with Crippen LogP contribution in [0.4, 0.5) is 0 Å². The van der Waals surface area contributed by atoms with E-state index >= 15 is 0 Å². The van der Waals surface area contributed by atoms with E-state index in [1.54, 1.807) is 19.0 Å². The van der Waals surface area contributed by atoms with Crippen molar-refractivity contribution in [1.82, 2.24) is 4.90 Å². The van der Waals surface area contributed by atoms with Gasteiger partial charge < -0.3 is 4.90 Å². The molecule has 0 aromatic heterocycles. The number of hydrogen-bond donors (Lipinski definition) is 0. The molecule has 0 bridgehead atoms. The zero-order valence-electron chi connectivity index (χ0n) is 12.4. The first-order chi connectivity index (χ1) is 9.58. The third-order valence-electron chi connectivity index (χ3n) is 4.28. The average molecular weight is 269 g/mol. The minimum Gasteiger partial charge on any atom is -0.345 e. The monoisotopic (exact) mass is 269 g/mol. The average Bonchev–Trinajstić information content (AvgIpc) is 2.89. The van der Waals surface area contributed by atoms with Gasteiger partial charge in [0.2, 0.25) is 0 Å². The highest BCUT2D eigenvalue weighted by Crippen LogP contribution is 2.45. The fourth-order valence-electron chi connectivity index (χ4n) is 3.18. The Morgan fingerprint density at radius 1 is 1.20 bits per heavy atom. The molecule has 0 spiro atoms. The number of rotatable bonds is 4. The maximum absolute atomic E-state index is 12.3. The van der Waals surface area contributed by atoms with E-state index in [2.05, 4.69) is 19.2 Å². The van der Waals surface area contributed by atoms with E-state index < -0.39 is 0 Å². The highest BCUT2D eigenvalue weighted by Gasteiger charge is 2.34. The SMILES string of the molecule is C=C[C@H]1C[C@H](c2ccccc2C(=O)N(C)C)[C@@H](C=C)C1. The number of benzene rings is 1. The molecule has 20 heavy (non-hydrogen) atoms. The lowest BCUT2D eigenvalue weighted by Gasteiger charge is -2.21. The van der Waals surface area contributed by atoms with Crippen LogP contribution in [0.25, 0.3) is 0 Å². The highest BCUT2D eigenvalue weighted by molar-refractivity contribution is 5.95. The molecule has 0 aliphatic heterocycles. The van der Waals surface area contributed by atoms with Gasteiger partial charge in [-0.2, -0.15) is 0 Å².